The maximum atomic E-state index is 5.24. The molecule has 0 fully saturated rings. The van der Waals surface area contributed by atoms with Crippen LogP contribution in [0, 0.1) is 0 Å². The first kappa shape index (κ1) is 10.7. The lowest BCUT2D eigenvalue weighted by Gasteiger charge is -1.99. The van der Waals surface area contributed by atoms with Crippen LogP contribution in [0.2, 0.25) is 0 Å². The van der Waals surface area contributed by atoms with Crippen molar-refractivity contribution in [1.29, 1.82) is 0 Å². The fraction of sp³-hybridized carbons (Fsp3) is 0.333. The lowest BCUT2D eigenvalue weighted by Crippen LogP contribution is -1.88. The summed E-state index contributed by atoms with van der Waals surface area (Å²) in [7, 11) is 1.59. The SMILES string of the molecule is COc1cccc(-c2cc(C(C)C)no2)n1. The molecule has 0 amide bonds. The van der Waals surface area contributed by atoms with Crippen LogP contribution in [0.15, 0.2) is 28.8 Å². The normalized spacial score (nSPS) is 10.8. The molecule has 0 saturated carbocycles. The minimum Gasteiger partial charge on any atom is -0.481 e. The molecule has 4 nitrogen and oxygen atoms in total. The second-order valence-electron chi connectivity index (χ2n) is 3.84. The van der Waals surface area contributed by atoms with Crippen LogP contribution in [0.1, 0.15) is 25.5 Å². The Morgan fingerprint density at radius 3 is 2.75 bits per heavy atom. The molecule has 0 aliphatic heterocycles. The Morgan fingerprint density at radius 1 is 1.31 bits per heavy atom. The molecule has 0 unspecified atom stereocenters. The zero-order valence-corrected chi connectivity index (χ0v) is 9.60. The van der Waals surface area contributed by atoms with Crippen molar-refractivity contribution in [1.82, 2.24) is 10.1 Å². The van der Waals surface area contributed by atoms with Crippen LogP contribution in [0.4, 0.5) is 0 Å². The van der Waals surface area contributed by atoms with Gasteiger partial charge in [0.15, 0.2) is 5.76 Å². The predicted molar refractivity (Wildman–Crippen MR) is 60.4 cm³/mol. The summed E-state index contributed by atoms with van der Waals surface area (Å²) in [6.45, 7) is 4.14. The fourth-order valence-electron chi connectivity index (χ4n) is 1.35. The fourth-order valence-corrected chi connectivity index (χ4v) is 1.35. The van der Waals surface area contributed by atoms with Gasteiger partial charge in [-0.1, -0.05) is 25.1 Å². The lowest BCUT2D eigenvalue weighted by atomic mass is 10.1. The molecule has 0 bridgehead atoms. The van der Waals surface area contributed by atoms with E-state index in [1.165, 1.54) is 0 Å². The van der Waals surface area contributed by atoms with Gasteiger partial charge in [-0.15, -0.1) is 0 Å². The van der Waals surface area contributed by atoms with Crippen molar-refractivity contribution in [3.05, 3.63) is 30.0 Å². The first-order chi connectivity index (χ1) is 7.70. The maximum Gasteiger partial charge on any atom is 0.213 e. The molecule has 0 radical (unpaired) electrons. The lowest BCUT2D eigenvalue weighted by molar-refractivity contribution is 0.395. The molecule has 2 rings (SSSR count). The first-order valence-corrected chi connectivity index (χ1v) is 5.18. The number of methoxy groups -OCH3 is 1. The molecule has 4 heteroatoms. The van der Waals surface area contributed by atoms with Crippen LogP contribution in [-0.2, 0) is 0 Å². The topological polar surface area (TPSA) is 48.2 Å². The molecule has 0 aliphatic carbocycles. The largest absolute Gasteiger partial charge is 0.481 e. The summed E-state index contributed by atoms with van der Waals surface area (Å²) in [4.78, 5) is 4.28. The minimum atomic E-state index is 0.350. The Hall–Kier alpha value is -1.84. The average molecular weight is 218 g/mol. The Labute approximate surface area is 94.2 Å². The van der Waals surface area contributed by atoms with E-state index in [9.17, 15) is 0 Å². The second kappa shape index (κ2) is 4.35. The highest BCUT2D eigenvalue weighted by atomic mass is 16.5. The van der Waals surface area contributed by atoms with Crippen molar-refractivity contribution in [2.24, 2.45) is 0 Å². The molecule has 2 aromatic heterocycles. The van der Waals surface area contributed by atoms with Crippen LogP contribution in [0.3, 0.4) is 0 Å². The zero-order chi connectivity index (χ0) is 11.5. The minimum absolute atomic E-state index is 0.350. The number of hydrogen-bond donors (Lipinski definition) is 0. The van der Waals surface area contributed by atoms with E-state index in [-0.39, 0.29) is 0 Å². The van der Waals surface area contributed by atoms with Gasteiger partial charge in [-0.2, -0.15) is 0 Å². The molecular formula is C12H14N2O2. The molecule has 16 heavy (non-hydrogen) atoms. The summed E-state index contributed by atoms with van der Waals surface area (Å²) in [5.74, 6) is 1.59. The monoisotopic (exact) mass is 218 g/mol. The number of rotatable bonds is 3. The summed E-state index contributed by atoms with van der Waals surface area (Å²) < 4.78 is 10.3. The van der Waals surface area contributed by atoms with E-state index < -0.39 is 0 Å². The first-order valence-electron chi connectivity index (χ1n) is 5.18. The van der Waals surface area contributed by atoms with Crippen molar-refractivity contribution in [3.63, 3.8) is 0 Å². The summed E-state index contributed by atoms with van der Waals surface area (Å²) in [5, 5.41) is 3.99. The molecule has 0 saturated heterocycles. The Kier molecular flexibility index (Phi) is 2.90. The number of ether oxygens (including phenoxy) is 1. The van der Waals surface area contributed by atoms with Gasteiger partial charge in [0.1, 0.15) is 5.69 Å². The standard InChI is InChI=1S/C12H14N2O2/c1-8(2)10-7-11(16-14-10)9-5-4-6-12(13-9)15-3/h4-8H,1-3H3. The molecule has 0 atom stereocenters. The molecule has 0 aliphatic rings. The van der Waals surface area contributed by atoms with Gasteiger partial charge in [0, 0.05) is 12.1 Å². The van der Waals surface area contributed by atoms with Gasteiger partial charge >= 0.3 is 0 Å². The summed E-state index contributed by atoms with van der Waals surface area (Å²) in [5.41, 5.74) is 1.67. The van der Waals surface area contributed by atoms with Crippen LogP contribution < -0.4 is 4.74 Å². The molecular weight excluding hydrogens is 204 g/mol. The molecule has 0 aromatic carbocycles. The molecule has 0 spiro atoms. The van der Waals surface area contributed by atoms with Gasteiger partial charge in [0.25, 0.3) is 0 Å². The highest BCUT2D eigenvalue weighted by Gasteiger charge is 2.10. The quantitative estimate of drug-likeness (QED) is 0.794. The van der Waals surface area contributed by atoms with Crippen LogP contribution in [0.25, 0.3) is 11.5 Å². The molecule has 2 aromatic rings. The number of aromatic nitrogens is 2. The summed E-state index contributed by atoms with van der Waals surface area (Å²) >= 11 is 0. The summed E-state index contributed by atoms with van der Waals surface area (Å²) in [6.07, 6.45) is 0. The third-order valence-corrected chi connectivity index (χ3v) is 2.31. The van der Waals surface area contributed by atoms with Crippen molar-refractivity contribution < 1.29 is 9.26 Å². The zero-order valence-electron chi connectivity index (χ0n) is 9.60. The highest BCUT2D eigenvalue weighted by molar-refractivity contribution is 5.52. The van der Waals surface area contributed by atoms with Gasteiger partial charge in [-0.25, -0.2) is 4.98 Å². The predicted octanol–water partition coefficient (Wildman–Crippen LogP) is 2.87. The van der Waals surface area contributed by atoms with Gasteiger partial charge in [-0.3, -0.25) is 0 Å². The molecule has 2 heterocycles. The smallest absolute Gasteiger partial charge is 0.213 e. The van der Waals surface area contributed by atoms with E-state index in [2.05, 4.69) is 24.0 Å². The van der Waals surface area contributed by atoms with Gasteiger partial charge in [0.2, 0.25) is 5.88 Å². The third kappa shape index (κ3) is 2.05. The Balaban J connectivity index is 2.34. The average Bonchev–Trinajstić information content (AvgIpc) is 2.78. The van der Waals surface area contributed by atoms with Crippen LogP contribution >= 0.6 is 0 Å². The van der Waals surface area contributed by atoms with Crippen LogP contribution in [0.5, 0.6) is 5.88 Å². The number of hydrogen-bond acceptors (Lipinski definition) is 4. The molecule has 0 N–H and O–H groups in total. The highest BCUT2D eigenvalue weighted by Crippen LogP contribution is 2.23. The maximum absolute atomic E-state index is 5.24. The number of pyridine rings is 1. The third-order valence-electron chi connectivity index (χ3n) is 2.31. The van der Waals surface area contributed by atoms with Crippen molar-refractivity contribution in [3.8, 4) is 17.3 Å². The van der Waals surface area contributed by atoms with Gasteiger partial charge in [-0.05, 0) is 12.0 Å². The van der Waals surface area contributed by atoms with E-state index >= 15 is 0 Å². The van der Waals surface area contributed by atoms with Crippen molar-refractivity contribution in [2.75, 3.05) is 7.11 Å². The second-order valence-corrected chi connectivity index (χ2v) is 3.84. The molecule has 84 valence electrons. The van der Waals surface area contributed by atoms with E-state index in [1.807, 2.05) is 18.2 Å². The van der Waals surface area contributed by atoms with E-state index in [0.717, 1.165) is 11.4 Å². The Morgan fingerprint density at radius 2 is 2.12 bits per heavy atom. The Bertz CT molecular complexity index is 477. The van der Waals surface area contributed by atoms with E-state index in [4.69, 9.17) is 9.26 Å². The van der Waals surface area contributed by atoms with Crippen LogP contribution in [-0.4, -0.2) is 17.3 Å². The number of nitrogens with zero attached hydrogens (tertiary/aromatic N) is 2. The van der Waals surface area contributed by atoms with E-state index in [0.29, 0.717) is 17.6 Å². The summed E-state index contributed by atoms with van der Waals surface area (Å²) in [6, 6.07) is 7.45. The van der Waals surface area contributed by atoms with Crippen molar-refractivity contribution >= 4 is 0 Å². The van der Waals surface area contributed by atoms with Gasteiger partial charge in [0.05, 0.1) is 12.8 Å². The van der Waals surface area contributed by atoms with E-state index in [1.54, 1.807) is 13.2 Å². The van der Waals surface area contributed by atoms with Gasteiger partial charge < -0.3 is 9.26 Å². The van der Waals surface area contributed by atoms with Crippen molar-refractivity contribution in [2.45, 2.75) is 19.8 Å².